The fourth-order valence-electron chi connectivity index (χ4n) is 4.19. The number of imidazole rings is 1. The van der Waals surface area contributed by atoms with Gasteiger partial charge in [0.1, 0.15) is 11.5 Å². The summed E-state index contributed by atoms with van der Waals surface area (Å²) in [6, 6.07) is 12.1. The summed E-state index contributed by atoms with van der Waals surface area (Å²) in [7, 11) is 1.40. The predicted octanol–water partition coefficient (Wildman–Crippen LogP) is 4.93. The van der Waals surface area contributed by atoms with E-state index in [9.17, 15) is 27.9 Å². The van der Waals surface area contributed by atoms with Crippen LogP contribution in [0.2, 0.25) is 5.02 Å². The lowest BCUT2D eigenvalue weighted by Gasteiger charge is -2.25. The molecule has 0 aliphatic carbocycles. The molecule has 0 amide bonds. The van der Waals surface area contributed by atoms with Crippen molar-refractivity contribution in [1.29, 1.82) is 0 Å². The molecule has 2 heterocycles. The van der Waals surface area contributed by atoms with Crippen LogP contribution in [0.15, 0.2) is 58.1 Å². The Morgan fingerprint density at radius 3 is 2.46 bits per heavy atom. The maximum Gasteiger partial charge on any atom is 0.573 e. The van der Waals surface area contributed by atoms with Crippen molar-refractivity contribution >= 4 is 22.8 Å². The van der Waals surface area contributed by atoms with Gasteiger partial charge < -0.3 is 14.6 Å². The minimum Gasteiger partial charge on any atom is -0.425 e. The molecule has 1 unspecified atom stereocenters. The second kappa shape index (κ2) is 11.1. The van der Waals surface area contributed by atoms with E-state index in [1.807, 2.05) is 24.3 Å². The molecular weight excluding hydrogens is 541 g/mol. The van der Waals surface area contributed by atoms with E-state index in [0.717, 1.165) is 35.1 Å². The Labute approximate surface area is 225 Å². The van der Waals surface area contributed by atoms with Crippen molar-refractivity contribution in [2.24, 2.45) is 7.05 Å². The zero-order chi connectivity index (χ0) is 28.4. The monoisotopic (exact) mass is 566 g/mol. The number of aromatic amines is 1. The molecule has 0 bridgehead atoms. The average Bonchev–Trinajstić information content (AvgIpc) is 3.18. The highest BCUT2D eigenvalue weighted by Gasteiger charge is 2.31. The van der Waals surface area contributed by atoms with Gasteiger partial charge in [-0.05, 0) is 56.0 Å². The molecule has 0 aliphatic rings. The number of nitrogens with one attached hydrogen (secondary N) is 1. The Morgan fingerprint density at radius 1 is 1.08 bits per heavy atom. The van der Waals surface area contributed by atoms with E-state index < -0.39 is 29.0 Å². The van der Waals surface area contributed by atoms with Crippen molar-refractivity contribution in [3.8, 4) is 17.5 Å². The largest absolute Gasteiger partial charge is 0.573 e. The summed E-state index contributed by atoms with van der Waals surface area (Å²) in [5.74, 6) is -0.571. The van der Waals surface area contributed by atoms with Crippen LogP contribution in [-0.4, -0.2) is 36.2 Å². The van der Waals surface area contributed by atoms with Crippen LogP contribution < -0.4 is 20.7 Å². The second-order valence-electron chi connectivity index (χ2n) is 9.43. The van der Waals surface area contributed by atoms with Gasteiger partial charge in [-0.15, -0.1) is 13.2 Å². The van der Waals surface area contributed by atoms with Crippen LogP contribution in [-0.2, 0) is 20.0 Å². The molecule has 13 heteroatoms. The van der Waals surface area contributed by atoms with Crippen molar-refractivity contribution in [1.82, 2.24) is 19.1 Å². The number of fused-ring (bicyclic) bond motifs is 1. The van der Waals surface area contributed by atoms with Gasteiger partial charge >= 0.3 is 18.1 Å². The summed E-state index contributed by atoms with van der Waals surface area (Å²) in [4.78, 5) is 31.4. The summed E-state index contributed by atoms with van der Waals surface area (Å²) in [5, 5.41) is 11.9. The van der Waals surface area contributed by atoms with Gasteiger partial charge in [0.15, 0.2) is 11.2 Å². The third-order valence-electron chi connectivity index (χ3n) is 6.06. The topological polar surface area (TPSA) is 111 Å². The smallest absolute Gasteiger partial charge is 0.425 e. The van der Waals surface area contributed by atoms with Crippen LogP contribution in [0.1, 0.15) is 31.7 Å². The van der Waals surface area contributed by atoms with Gasteiger partial charge in [-0.3, -0.25) is 18.9 Å². The van der Waals surface area contributed by atoms with E-state index >= 15 is 0 Å². The van der Waals surface area contributed by atoms with Gasteiger partial charge in [-0.2, -0.15) is 4.98 Å². The molecule has 39 heavy (non-hydrogen) atoms. The van der Waals surface area contributed by atoms with E-state index in [1.165, 1.54) is 23.7 Å². The summed E-state index contributed by atoms with van der Waals surface area (Å²) >= 11 is 5.92. The lowest BCUT2D eigenvalue weighted by atomic mass is 9.97. The maximum absolute atomic E-state index is 12.8. The molecule has 1 atom stereocenters. The fraction of sp³-hybridized carbons (Fsp3) is 0.346. The van der Waals surface area contributed by atoms with Gasteiger partial charge in [-0.1, -0.05) is 36.2 Å². The number of hydrogen-bond donors (Lipinski definition) is 2. The number of halogens is 4. The first kappa shape index (κ1) is 28.2. The van der Waals surface area contributed by atoms with Crippen molar-refractivity contribution < 1.29 is 27.8 Å². The maximum atomic E-state index is 12.8. The highest BCUT2D eigenvalue weighted by Crippen LogP contribution is 2.31. The van der Waals surface area contributed by atoms with Crippen molar-refractivity contribution in [3.63, 3.8) is 0 Å². The molecule has 0 fully saturated rings. The number of nitrogens with zero attached hydrogens (tertiary/aromatic N) is 3. The number of ether oxygens (including phenoxy) is 2. The lowest BCUT2D eigenvalue weighted by molar-refractivity contribution is -0.274. The van der Waals surface area contributed by atoms with Crippen LogP contribution in [0, 0.1) is 0 Å². The van der Waals surface area contributed by atoms with Gasteiger partial charge in [-0.25, -0.2) is 4.79 Å². The molecule has 4 aromatic rings. The third kappa shape index (κ3) is 7.21. The van der Waals surface area contributed by atoms with E-state index in [4.69, 9.17) is 16.3 Å². The number of hydrogen-bond acceptors (Lipinski definition) is 6. The standard InChI is InChI=1S/C26H26ClF3N4O5/c1-25(37,13-4-3-6-16-9-11-17(27)12-10-16)15-34-20-21(33(2)23(36)32-22(20)35)31-24(34)38-18-7-5-8-19(14-18)39-26(28,29)30/h5,7-12,14,37H,3-4,6,13,15H2,1-2H3,(H,32,35,36). The number of aryl methyl sites for hydroxylation is 2. The van der Waals surface area contributed by atoms with Crippen LogP contribution in [0.25, 0.3) is 11.2 Å². The first-order valence-corrected chi connectivity index (χ1v) is 12.4. The Balaban J connectivity index is 1.59. The SMILES string of the molecule is Cn1c(=O)[nH]c(=O)c2c1nc(Oc1cccc(OC(F)(F)F)c1)n2CC(C)(O)CCCCc1ccc(Cl)cc1. The Kier molecular flexibility index (Phi) is 8.07. The van der Waals surface area contributed by atoms with Crippen LogP contribution in [0.4, 0.5) is 13.2 Å². The normalized spacial score (nSPS) is 13.4. The van der Waals surface area contributed by atoms with Crippen LogP contribution in [0.5, 0.6) is 17.5 Å². The number of aromatic nitrogens is 4. The highest BCUT2D eigenvalue weighted by atomic mass is 35.5. The second-order valence-corrected chi connectivity index (χ2v) is 9.86. The number of alkyl halides is 3. The molecule has 0 saturated carbocycles. The Morgan fingerprint density at radius 2 is 1.77 bits per heavy atom. The highest BCUT2D eigenvalue weighted by molar-refractivity contribution is 6.30. The minimum atomic E-state index is -4.90. The summed E-state index contributed by atoms with van der Waals surface area (Å²) in [6.45, 7) is 1.46. The van der Waals surface area contributed by atoms with Gasteiger partial charge in [0.25, 0.3) is 5.56 Å². The van der Waals surface area contributed by atoms with Gasteiger partial charge in [0, 0.05) is 18.1 Å². The first-order chi connectivity index (χ1) is 18.3. The predicted molar refractivity (Wildman–Crippen MR) is 138 cm³/mol. The van der Waals surface area contributed by atoms with Crippen molar-refractivity contribution in [3.05, 3.63) is 80.0 Å². The summed E-state index contributed by atoms with van der Waals surface area (Å²) in [6.07, 6.45) is -2.31. The molecule has 2 N–H and O–H groups in total. The molecule has 208 valence electrons. The molecular formula is C26H26ClF3N4O5. The Hall–Kier alpha value is -3.77. The quantitative estimate of drug-likeness (QED) is 0.263. The zero-order valence-corrected chi connectivity index (χ0v) is 21.8. The third-order valence-corrected chi connectivity index (χ3v) is 6.32. The molecule has 2 aromatic heterocycles. The molecule has 0 radical (unpaired) electrons. The molecule has 2 aromatic carbocycles. The van der Waals surface area contributed by atoms with E-state index in [-0.39, 0.29) is 29.5 Å². The zero-order valence-electron chi connectivity index (χ0n) is 21.1. The number of H-pyrrole nitrogens is 1. The summed E-state index contributed by atoms with van der Waals surface area (Å²) in [5.41, 5.74) is -1.72. The number of benzene rings is 2. The molecule has 0 saturated heterocycles. The van der Waals surface area contributed by atoms with Gasteiger partial charge in [0.05, 0.1) is 12.1 Å². The minimum absolute atomic E-state index is 0.0139. The molecule has 4 rings (SSSR count). The van der Waals surface area contributed by atoms with E-state index in [1.54, 1.807) is 6.92 Å². The summed E-state index contributed by atoms with van der Waals surface area (Å²) < 4.78 is 50.1. The first-order valence-electron chi connectivity index (χ1n) is 12.0. The van der Waals surface area contributed by atoms with E-state index in [2.05, 4.69) is 14.7 Å². The number of rotatable bonds is 10. The van der Waals surface area contributed by atoms with Crippen molar-refractivity contribution in [2.45, 2.75) is 51.1 Å². The number of unbranched alkanes of at least 4 members (excludes halogenated alkanes) is 1. The fourth-order valence-corrected chi connectivity index (χ4v) is 4.31. The lowest BCUT2D eigenvalue weighted by Crippen LogP contribution is -2.33. The molecule has 0 aliphatic heterocycles. The molecule has 0 spiro atoms. The average molecular weight is 567 g/mol. The Bertz CT molecular complexity index is 1580. The number of aliphatic hydroxyl groups is 1. The van der Waals surface area contributed by atoms with Crippen LogP contribution >= 0.6 is 11.6 Å². The van der Waals surface area contributed by atoms with Crippen molar-refractivity contribution in [2.75, 3.05) is 0 Å². The molecule has 9 nitrogen and oxygen atoms in total. The van der Waals surface area contributed by atoms with Crippen LogP contribution in [0.3, 0.4) is 0 Å². The van der Waals surface area contributed by atoms with E-state index in [0.29, 0.717) is 17.9 Å². The van der Waals surface area contributed by atoms with Gasteiger partial charge in [0.2, 0.25) is 0 Å².